The smallest absolute Gasteiger partial charge is 0.148 e. The molecule has 0 fully saturated rings. The molecule has 0 spiro atoms. The molecule has 18 heavy (non-hydrogen) atoms. The van der Waals surface area contributed by atoms with Gasteiger partial charge in [-0.1, -0.05) is 31.9 Å². The second-order valence-electron chi connectivity index (χ2n) is 4.19. The number of aromatic nitrogens is 1. The average molecular weight is 240 g/mol. The molecule has 2 rings (SSSR count). The summed E-state index contributed by atoms with van der Waals surface area (Å²) in [4.78, 5) is 4.25. The third-order valence-corrected chi connectivity index (χ3v) is 2.84. The molecule has 0 unspecified atom stereocenters. The summed E-state index contributed by atoms with van der Waals surface area (Å²) in [6.45, 7) is 2.80. The van der Waals surface area contributed by atoms with Crippen molar-refractivity contribution in [2.24, 2.45) is 0 Å². The van der Waals surface area contributed by atoms with E-state index in [2.05, 4.69) is 18.0 Å². The normalized spacial score (nSPS) is 10.2. The Kier molecular flexibility index (Phi) is 4.14. The summed E-state index contributed by atoms with van der Waals surface area (Å²) in [6, 6.07) is 9.88. The monoisotopic (exact) mass is 240 g/mol. The molecule has 0 bridgehead atoms. The summed E-state index contributed by atoms with van der Waals surface area (Å²) in [5.41, 5.74) is 1.37. The molecule has 2 aromatic rings. The summed E-state index contributed by atoms with van der Waals surface area (Å²) in [7, 11) is 0. The molecule has 0 saturated carbocycles. The van der Waals surface area contributed by atoms with E-state index < -0.39 is 0 Å². The maximum absolute atomic E-state index is 9.11. The van der Waals surface area contributed by atoms with Crippen LogP contribution in [0.2, 0.25) is 0 Å². The topological polar surface area (TPSA) is 45.9 Å². The van der Waals surface area contributed by atoms with Gasteiger partial charge in [0.15, 0.2) is 0 Å². The number of hydrogen-bond acceptors (Lipinski definition) is 3. The minimum Gasteiger partial charge on any atom is -0.491 e. The zero-order valence-corrected chi connectivity index (χ0v) is 10.5. The first-order valence-electron chi connectivity index (χ1n) is 6.27. The van der Waals surface area contributed by atoms with Crippen molar-refractivity contribution in [3.8, 4) is 11.8 Å². The third kappa shape index (κ3) is 2.60. The van der Waals surface area contributed by atoms with Gasteiger partial charge in [-0.25, -0.2) is 0 Å². The highest BCUT2D eigenvalue weighted by Crippen LogP contribution is 2.27. The first-order valence-corrected chi connectivity index (χ1v) is 6.27. The summed E-state index contributed by atoms with van der Waals surface area (Å²) in [6.07, 6.45) is 4.89. The Morgan fingerprint density at radius 3 is 2.89 bits per heavy atom. The van der Waals surface area contributed by atoms with E-state index in [0.29, 0.717) is 17.9 Å². The highest BCUT2D eigenvalue weighted by molar-refractivity contribution is 5.86. The van der Waals surface area contributed by atoms with Gasteiger partial charge in [0.05, 0.1) is 12.1 Å². The van der Waals surface area contributed by atoms with Crippen LogP contribution in [-0.2, 0) is 0 Å². The molecule has 1 aromatic carbocycles. The van der Waals surface area contributed by atoms with Gasteiger partial charge in [-0.05, 0) is 18.6 Å². The zero-order valence-electron chi connectivity index (χ0n) is 10.5. The number of para-hydroxylation sites is 1. The van der Waals surface area contributed by atoms with Crippen LogP contribution in [0.15, 0.2) is 30.5 Å². The van der Waals surface area contributed by atoms with Crippen LogP contribution in [0.3, 0.4) is 0 Å². The van der Waals surface area contributed by atoms with E-state index in [1.807, 2.05) is 24.3 Å². The second kappa shape index (κ2) is 6.02. The van der Waals surface area contributed by atoms with Crippen molar-refractivity contribution in [3.05, 3.63) is 36.0 Å². The fraction of sp³-hybridized carbons (Fsp3) is 0.333. The fourth-order valence-corrected chi connectivity index (χ4v) is 1.88. The summed E-state index contributed by atoms with van der Waals surface area (Å²) >= 11 is 0. The standard InChI is InChI=1S/C15H16N2O/c1-2-3-6-9-18-15-12(10-16)11-17-14-8-5-4-7-13(14)15/h4-5,7-8,11H,2-3,6,9H2,1H3. The van der Waals surface area contributed by atoms with E-state index in [-0.39, 0.29) is 0 Å². The van der Waals surface area contributed by atoms with Crippen molar-refractivity contribution in [2.45, 2.75) is 26.2 Å². The number of nitrogens with zero attached hydrogens (tertiary/aromatic N) is 2. The largest absolute Gasteiger partial charge is 0.491 e. The predicted octanol–water partition coefficient (Wildman–Crippen LogP) is 3.68. The summed E-state index contributed by atoms with van der Waals surface area (Å²) in [5, 5.41) is 10.0. The lowest BCUT2D eigenvalue weighted by Gasteiger charge is -2.10. The molecule has 0 radical (unpaired) electrons. The predicted molar refractivity (Wildman–Crippen MR) is 71.5 cm³/mol. The lowest BCUT2D eigenvalue weighted by molar-refractivity contribution is 0.309. The zero-order chi connectivity index (χ0) is 12.8. The van der Waals surface area contributed by atoms with Gasteiger partial charge in [0, 0.05) is 11.6 Å². The quantitative estimate of drug-likeness (QED) is 0.749. The van der Waals surface area contributed by atoms with Gasteiger partial charge in [0.25, 0.3) is 0 Å². The molecular weight excluding hydrogens is 224 g/mol. The Hall–Kier alpha value is -2.08. The van der Waals surface area contributed by atoms with E-state index in [4.69, 9.17) is 10.00 Å². The minimum absolute atomic E-state index is 0.505. The molecule has 0 amide bonds. The van der Waals surface area contributed by atoms with Gasteiger partial charge in [-0.2, -0.15) is 5.26 Å². The van der Waals surface area contributed by atoms with Crippen molar-refractivity contribution in [1.29, 1.82) is 5.26 Å². The molecule has 0 atom stereocenters. The van der Waals surface area contributed by atoms with Crippen LogP contribution < -0.4 is 4.74 Å². The van der Waals surface area contributed by atoms with E-state index in [1.165, 1.54) is 0 Å². The molecule has 1 aromatic heterocycles. The number of unbranched alkanes of at least 4 members (excludes halogenated alkanes) is 2. The van der Waals surface area contributed by atoms with Crippen LogP contribution in [-0.4, -0.2) is 11.6 Å². The van der Waals surface area contributed by atoms with Crippen molar-refractivity contribution >= 4 is 10.9 Å². The van der Waals surface area contributed by atoms with Crippen LogP contribution in [0, 0.1) is 11.3 Å². The number of ether oxygens (including phenoxy) is 1. The summed E-state index contributed by atoms with van der Waals surface area (Å²) < 4.78 is 5.78. The Morgan fingerprint density at radius 1 is 1.28 bits per heavy atom. The Bertz CT molecular complexity index is 572. The number of benzene rings is 1. The first kappa shape index (κ1) is 12.4. The van der Waals surface area contributed by atoms with E-state index in [0.717, 1.165) is 30.2 Å². The SMILES string of the molecule is CCCCCOc1c(C#N)cnc2ccccc12. The molecule has 0 aliphatic carbocycles. The van der Waals surface area contributed by atoms with Gasteiger partial charge >= 0.3 is 0 Å². The van der Waals surface area contributed by atoms with E-state index >= 15 is 0 Å². The van der Waals surface area contributed by atoms with Crippen LogP contribution in [0.4, 0.5) is 0 Å². The maximum atomic E-state index is 9.11. The van der Waals surface area contributed by atoms with E-state index in [9.17, 15) is 0 Å². The molecule has 1 heterocycles. The van der Waals surface area contributed by atoms with E-state index in [1.54, 1.807) is 6.20 Å². The number of pyridine rings is 1. The van der Waals surface area contributed by atoms with Gasteiger partial charge in [0.1, 0.15) is 17.4 Å². The van der Waals surface area contributed by atoms with Crippen LogP contribution in [0.5, 0.6) is 5.75 Å². The van der Waals surface area contributed by atoms with Crippen LogP contribution in [0.1, 0.15) is 31.7 Å². The number of rotatable bonds is 5. The molecule has 3 heteroatoms. The highest BCUT2D eigenvalue weighted by Gasteiger charge is 2.09. The fourth-order valence-electron chi connectivity index (χ4n) is 1.88. The van der Waals surface area contributed by atoms with Crippen molar-refractivity contribution < 1.29 is 4.74 Å². The van der Waals surface area contributed by atoms with Gasteiger partial charge in [-0.15, -0.1) is 0 Å². The maximum Gasteiger partial charge on any atom is 0.148 e. The molecule has 3 nitrogen and oxygen atoms in total. The summed E-state index contributed by atoms with van der Waals surface area (Å²) in [5.74, 6) is 0.666. The second-order valence-corrected chi connectivity index (χ2v) is 4.19. The van der Waals surface area contributed by atoms with Crippen molar-refractivity contribution in [3.63, 3.8) is 0 Å². The Morgan fingerprint density at radius 2 is 2.11 bits per heavy atom. The Balaban J connectivity index is 2.30. The minimum atomic E-state index is 0.505. The van der Waals surface area contributed by atoms with Crippen molar-refractivity contribution in [1.82, 2.24) is 4.98 Å². The van der Waals surface area contributed by atoms with Gasteiger partial charge in [0.2, 0.25) is 0 Å². The molecule has 0 aliphatic rings. The Labute approximate surface area is 107 Å². The molecule has 92 valence electrons. The highest BCUT2D eigenvalue weighted by atomic mass is 16.5. The third-order valence-electron chi connectivity index (χ3n) is 2.84. The van der Waals surface area contributed by atoms with Crippen LogP contribution >= 0.6 is 0 Å². The average Bonchev–Trinajstić information content (AvgIpc) is 2.43. The number of hydrogen-bond donors (Lipinski definition) is 0. The molecule has 0 saturated heterocycles. The lowest BCUT2D eigenvalue weighted by Crippen LogP contribution is -2.00. The molecular formula is C15H16N2O. The first-order chi connectivity index (χ1) is 8.86. The van der Waals surface area contributed by atoms with Gasteiger partial charge < -0.3 is 4.74 Å². The molecule has 0 aliphatic heterocycles. The van der Waals surface area contributed by atoms with Crippen LogP contribution in [0.25, 0.3) is 10.9 Å². The number of nitriles is 1. The van der Waals surface area contributed by atoms with Crippen molar-refractivity contribution in [2.75, 3.05) is 6.61 Å². The van der Waals surface area contributed by atoms with Gasteiger partial charge in [-0.3, -0.25) is 4.98 Å². The molecule has 0 N–H and O–H groups in total. The lowest BCUT2D eigenvalue weighted by atomic mass is 10.1. The number of fused-ring (bicyclic) bond motifs is 1.